The fourth-order valence-electron chi connectivity index (χ4n) is 4.02. The quantitative estimate of drug-likeness (QED) is 0.362. The standard InChI is InChI=1S/C22H15BrClFN8/c23-22-29-20-11-32(5-6-33(20)31-22)13-8-19-18(26-9-13)4-3-17(28-19)15-10-27-30-21(15)14-7-12(24)1-2-16(14)25/h1-4,7-10H,5-6,11H2,(H,27,30). The van der Waals surface area contributed by atoms with Crippen LogP contribution in [0.5, 0.6) is 0 Å². The van der Waals surface area contributed by atoms with Crippen LogP contribution in [0, 0.1) is 5.82 Å². The Labute approximate surface area is 200 Å². The lowest BCUT2D eigenvalue weighted by Crippen LogP contribution is -2.34. The second kappa shape index (κ2) is 7.89. The van der Waals surface area contributed by atoms with Crippen LogP contribution in [0.25, 0.3) is 33.5 Å². The molecule has 5 aromatic rings. The van der Waals surface area contributed by atoms with Gasteiger partial charge in [0.15, 0.2) is 0 Å². The summed E-state index contributed by atoms with van der Waals surface area (Å²) >= 11 is 9.43. The molecule has 0 saturated carbocycles. The van der Waals surface area contributed by atoms with E-state index in [4.69, 9.17) is 16.6 Å². The third-order valence-electron chi connectivity index (χ3n) is 5.64. The van der Waals surface area contributed by atoms with Crippen LogP contribution >= 0.6 is 27.5 Å². The number of anilines is 1. The Hall–Kier alpha value is -3.37. The Bertz CT molecular complexity index is 1510. The van der Waals surface area contributed by atoms with Gasteiger partial charge in [-0.25, -0.2) is 19.0 Å². The summed E-state index contributed by atoms with van der Waals surface area (Å²) in [5, 5.41) is 11.8. The van der Waals surface area contributed by atoms with Crippen LogP contribution in [0.15, 0.2) is 53.5 Å². The van der Waals surface area contributed by atoms with Crippen molar-refractivity contribution in [2.45, 2.75) is 13.1 Å². The maximum atomic E-state index is 14.5. The summed E-state index contributed by atoms with van der Waals surface area (Å²) in [6.45, 7) is 2.16. The van der Waals surface area contributed by atoms with Crippen molar-refractivity contribution < 1.29 is 4.39 Å². The van der Waals surface area contributed by atoms with E-state index in [0.29, 0.717) is 38.8 Å². The molecule has 0 fully saturated rings. The van der Waals surface area contributed by atoms with E-state index in [1.165, 1.54) is 12.1 Å². The summed E-state index contributed by atoms with van der Waals surface area (Å²) in [7, 11) is 0. The summed E-state index contributed by atoms with van der Waals surface area (Å²) < 4.78 is 17.0. The summed E-state index contributed by atoms with van der Waals surface area (Å²) in [5.41, 5.74) is 4.65. The van der Waals surface area contributed by atoms with Crippen LogP contribution in [0.4, 0.5) is 10.1 Å². The van der Waals surface area contributed by atoms with Gasteiger partial charge in [0, 0.05) is 22.7 Å². The molecule has 0 bridgehead atoms. The highest BCUT2D eigenvalue weighted by Gasteiger charge is 2.21. The first-order valence-corrected chi connectivity index (χ1v) is 11.3. The van der Waals surface area contributed by atoms with Crippen LogP contribution in [0.2, 0.25) is 5.02 Å². The highest BCUT2D eigenvalue weighted by molar-refractivity contribution is 9.10. The molecule has 0 unspecified atom stereocenters. The first kappa shape index (κ1) is 20.3. The lowest BCUT2D eigenvalue weighted by atomic mass is 10.0. The second-order valence-corrected chi connectivity index (χ2v) is 8.80. The van der Waals surface area contributed by atoms with Gasteiger partial charge >= 0.3 is 0 Å². The zero-order chi connectivity index (χ0) is 22.5. The number of halogens is 3. The highest BCUT2D eigenvalue weighted by atomic mass is 79.9. The van der Waals surface area contributed by atoms with Crippen LogP contribution in [0.3, 0.4) is 0 Å². The van der Waals surface area contributed by atoms with Crippen molar-refractivity contribution in [3.8, 4) is 22.5 Å². The minimum Gasteiger partial charge on any atom is -0.361 e. The number of nitrogens with one attached hydrogen (secondary N) is 1. The summed E-state index contributed by atoms with van der Waals surface area (Å²) in [5.74, 6) is 0.501. The van der Waals surface area contributed by atoms with E-state index in [1.807, 2.05) is 29.1 Å². The molecular formula is C22H15BrClFN8. The molecule has 0 radical (unpaired) electrons. The molecule has 0 atom stereocenters. The fraction of sp³-hybridized carbons (Fsp3) is 0.136. The molecular weight excluding hydrogens is 511 g/mol. The van der Waals surface area contributed by atoms with Crippen LogP contribution in [-0.2, 0) is 13.1 Å². The van der Waals surface area contributed by atoms with Gasteiger partial charge in [0.25, 0.3) is 0 Å². The summed E-state index contributed by atoms with van der Waals surface area (Å²) in [6.07, 6.45) is 3.48. The van der Waals surface area contributed by atoms with Gasteiger partial charge in [0.05, 0.1) is 53.6 Å². The van der Waals surface area contributed by atoms with Crippen molar-refractivity contribution in [3.05, 3.63) is 70.2 Å². The van der Waals surface area contributed by atoms with Crippen molar-refractivity contribution >= 4 is 44.3 Å². The van der Waals surface area contributed by atoms with Gasteiger partial charge in [-0.3, -0.25) is 10.1 Å². The highest BCUT2D eigenvalue weighted by Crippen LogP contribution is 2.33. The van der Waals surface area contributed by atoms with Crippen LogP contribution in [0.1, 0.15) is 5.82 Å². The molecule has 5 heterocycles. The Morgan fingerprint density at radius 2 is 1.91 bits per heavy atom. The zero-order valence-corrected chi connectivity index (χ0v) is 19.3. The first-order valence-electron chi connectivity index (χ1n) is 10.2. The normalized spacial score (nSPS) is 13.5. The Morgan fingerprint density at radius 1 is 1.00 bits per heavy atom. The number of aromatic nitrogens is 7. The predicted octanol–water partition coefficient (Wildman–Crippen LogP) is 4.85. The van der Waals surface area contributed by atoms with E-state index in [0.717, 1.165) is 35.6 Å². The van der Waals surface area contributed by atoms with E-state index in [9.17, 15) is 4.39 Å². The first-order chi connectivity index (χ1) is 16.0. The van der Waals surface area contributed by atoms with Gasteiger partial charge in [-0.1, -0.05) is 11.6 Å². The lowest BCUT2D eigenvalue weighted by molar-refractivity contribution is 0.512. The Balaban J connectivity index is 1.38. The number of rotatable bonds is 3. The smallest absolute Gasteiger partial charge is 0.217 e. The molecule has 1 aromatic carbocycles. The molecule has 11 heteroatoms. The van der Waals surface area contributed by atoms with Gasteiger partial charge in [-0.15, -0.1) is 5.10 Å². The number of benzene rings is 1. The number of H-pyrrole nitrogens is 1. The minimum atomic E-state index is -0.390. The summed E-state index contributed by atoms with van der Waals surface area (Å²) in [6, 6.07) is 10.2. The van der Waals surface area contributed by atoms with Gasteiger partial charge < -0.3 is 4.90 Å². The topological polar surface area (TPSA) is 88.4 Å². The van der Waals surface area contributed by atoms with Gasteiger partial charge in [0.1, 0.15) is 11.6 Å². The number of aromatic amines is 1. The molecule has 0 aliphatic carbocycles. The predicted molar refractivity (Wildman–Crippen MR) is 126 cm³/mol. The molecule has 1 N–H and O–H groups in total. The van der Waals surface area contributed by atoms with Crippen LogP contribution < -0.4 is 4.90 Å². The maximum Gasteiger partial charge on any atom is 0.217 e. The minimum absolute atomic E-state index is 0.340. The third-order valence-corrected chi connectivity index (χ3v) is 6.21. The van der Waals surface area contributed by atoms with Crippen molar-refractivity contribution in [3.63, 3.8) is 0 Å². The van der Waals surface area contributed by atoms with Crippen LogP contribution in [-0.4, -0.2) is 41.5 Å². The number of pyridine rings is 2. The fourth-order valence-corrected chi connectivity index (χ4v) is 4.59. The number of hydrogen-bond donors (Lipinski definition) is 1. The van der Waals surface area contributed by atoms with Crippen molar-refractivity contribution in [2.24, 2.45) is 0 Å². The van der Waals surface area contributed by atoms with Crippen molar-refractivity contribution in [1.29, 1.82) is 0 Å². The van der Waals surface area contributed by atoms with E-state index in [1.54, 1.807) is 12.3 Å². The molecule has 8 nitrogen and oxygen atoms in total. The molecule has 0 spiro atoms. The molecule has 0 saturated heterocycles. The van der Waals surface area contributed by atoms with E-state index in [-0.39, 0.29) is 5.82 Å². The zero-order valence-electron chi connectivity index (χ0n) is 17.0. The molecule has 0 amide bonds. The second-order valence-electron chi connectivity index (χ2n) is 7.65. The van der Waals surface area contributed by atoms with Crippen molar-refractivity contribution in [2.75, 3.05) is 11.4 Å². The molecule has 6 rings (SSSR count). The van der Waals surface area contributed by atoms with Crippen molar-refractivity contribution in [1.82, 2.24) is 34.9 Å². The summed E-state index contributed by atoms with van der Waals surface area (Å²) in [4.78, 5) is 16.0. The third kappa shape index (κ3) is 3.65. The van der Waals surface area contributed by atoms with E-state index >= 15 is 0 Å². The largest absolute Gasteiger partial charge is 0.361 e. The number of hydrogen-bond acceptors (Lipinski definition) is 6. The Kier molecular flexibility index (Phi) is 4.84. The van der Waals surface area contributed by atoms with Gasteiger partial charge in [0.2, 0.25) is 4.73 Å². The van der Waals surface area contributed by atoms with Gasteiger partial charge in [-0.2, -0.15) is 5.10 Å². The molecule has 4 aromatic heterocycles. The van der Waals surface area contributed by atoms with E-state index in [2.05, 4.69) is 46.1 Å². The monoisotopic (exact) mass is 524 g/mol. The molecule has 33 heavy (non-hydrogen) atoms. The SMILES string of the molecule is Fc1ccc(Cl)cc1-c1[nH]ncc1-c1ccc2ncc(N3CCn4nc(Br)nc4C3)cc2n1. The van der Waals surface area contributed by atoms with E-state index < -0.39 is 0 Å². The molecule has 164 valence electrons. The molecule has 1 aliphatic rings. The number of fused-ring (bicyclic) bond motifs is 2. The maximum absolute atomic E-state index is 14.5. The lowest BCUT2D eigenvalue weighted by Gasteiger charge is -2.28. The van der Waals surface area contributed by atoms with Gasteiger partial charge in [-0.05, 0) is 52.3 Å². The number of nitrogens with zero attached hydrogens (tertiary/aromatic N) is 7. The average molecular weight is 526 g/mol. The Morgan fingerprint density at radius 3 is 2.82 bits per heavy atom. The molecule has 1 aliphatic heterocycles. The average Bonchev–Trinajstić information content (AvgIpc) is 3.45.